The molecule has 8 nitrogen and oxygen atoms in total. The SMILES string of the molecule is CN(C)C(=O)COc1ccccc1C(=O)Nc1cccc(S(=O)(=O)N(C)c2ccccc2)c1. The quantitative estimate of drug-likeness (QED) is 0.549. The summed E-state index contributed by atoms with van der Waals surface area (Å²) < 4.78 is 32.8. The molecule has 0 radical (unpaired) electrons. The van der Waals surface area contributed by atoms with Crippen LogP contribution in [0.2, 0.25) is 0 Å². The fourth-order valence-electron chi connectivity index (χ4n) is 2.92. The largest absolute Gasteiger partial charge is 0.483 e. The van der Waals surface area contributed by atoms with Gasteiger partial charge in [0.15, 0.2) is 6.61 Å². The van der Waals surface area contributed by atoms with E-state index in [4.69, 9.17) is 4.74 Å². The maximum Gasteiger partial charge on any atom is 0.264 e. The third-order valence-corrected chi connectivity index (χ3v) is 6.63. The number of likely N-dealkylation sites (N-methyl/N-ethyl adjacent to an activating group) is 1. The second-order valence-electron chi connectivity index (χ2n) is 7.36. The first-order chi connectivity index (χ1) is 15.7. The number of nitrogens with one attached hydrogen (secondary N) is 1. The summed E-state index contributed by atoms with van der Waals surface area (Å²) in [5.74, 6) is -0.489. The minimum absolute atomic E-state index is 0.0350. The minimum Gasteiger partial charge on any atom is -0.483 e. The highest BCUT2D eigenvalue weighted by atomic mass is 32.2. The highest BCUT2D eigenvalue weighted by molar-refractivity contribution is 7.92. The molecule has 9 heteroatoms. The van der Waals surface area contributed by atoms with Crippen LogP contribution in [0.25, 0.3) is 0 Å². The topological polar surface area (TPSA) is 96.0 Å². The van der Waals surface area contributed by atoms with E-state index in [0.717, 1.165) is 0 Å². The summed E-state index contributed by atoms with van der Waals surface area (Å²) in [4.78, 5) is 26.1. The van der Waals surface area contributed by atoms with Gasteiger partial charge >= 0.3 is 0 Å². The van der Waals surface area contributed by atoms with E-state index in [2.05, 4.69) is 5.32 Å². The van der Waals surface area contributed by atoms with Crippen molar-refractivity contribution in [2.24, 2.45) is 0 Å². The van der Waals surface area contributed by atoms with Crippen LogP contribution in [-0.4, -0.2) is 52.9 Å². The van der Waals surface area contributed by atoms with Gasteiger partial charge in [0, 0.05) is 26.8 Å². The Kier molecular flexibility index (Phi) is 7.34. The summed E-state index contributed by atoms with van der Waals surface area (Å²) in [5, 5.41) is 2.70. The molecule has 3 aromatic rings. The van der Waals surface area contributed by atoms with E-state index in [1.54, 1.807) is 80.8 Å². The summed E-state index contributed by atoms with van der Waals surface area (Å²) >= 11 is 0. The van der Waals surface area contributed by atoms with Gasteiger partial charge in [-0.3, -0.25) is 13.9 Å². The van der Waals surface area contributed by atoms with Crippen molar-refractivity contribution >= 4 is 33.2 Å². The number of hydrogen-bond donors (Lipinski definition) is 1. The molecule has 0 saturated heterocycles. The molecule has 0 heterocycles. The number of benzene rings is 3. The van der Waals surface area contributed by atoms with Crippen molar-refractivity contribution in [1.82, 2.24) is 4.90 Å². The molecule has 0 aliphatic heterocycles. The Hall–Kier alpha value is -3.85. The number of ether oxygens (including phenoxy) is 1. The number of hydrogen-bond acceptors (Lipinski definition) is 5. The van der Waals surface area contributed by atoms with Crippen molar-refractivity contribution in [3.63, 3.8) is 0 Å². The summed E-state index contributed by atoms with van der Waals surface area (Å²) in [6.07, 6.45) is 0. The first-order valence-electron chi connectivity index (χ1n) is 10.1. The Morgan fingerprint density at radius 1 is 0.879 bits per heavy atom. The predicted molar refractivity (Wildman–Crippen MR) is 127 cm³/mol. The van der Waals surface area contributed by atoms with Crippen LogP contribution in [0.4, 0.5) is 11.4 Å². The molecular weight excluding hydrogens is 442 g/mol. The summed E-state index contributed by atoms with van der Waals surface area (Å²) in [7, 11) is 0.860. The lowest BCUT2D eigenvalue weighted by atomic mass is 10.2. The van der Waals surface area contributed by atoms with Crippen LogP contribution >= 0.6 is 0 Å². The van der Waals surface area contributed by atoms with Gasteiger partial charge in [-0.25, -0.2) is 8.42 Å². The number of carbonyl (C=O) groups excluding carboxylic acids is 2. The molecule has 0 saturated carbocycles. The lowest BCUT2D eigenvalue weighted by molar-refractivity contribution is -0.130. The van der Waals surface area contributed by atoms with Crippen LogP contribution in [0.15, 0.2) is 83.8 Å². The van der Waals surface area contributed by atoms with Gasteiger partial charge in [-0.05, 0) is 42.5 Å². The van der Waals surface area contributed by atoms with E-state index >= 15 is 0 Å². The molecule has 0 bridgehead atoms. The van der Waals surface area contributed by atoms with Crippen LogP contribution < -0.4 is 14.4 Å². The Balaban J connectivity index is 1.80. The molecule has 0 unspecified atom stereocenters. The Morgan fingerprint density at radius 2 is 1.55 bits per heavy atom. The standard InChI is InChI=1S/C24H25N3O5S/c1-26(2)23(28)17-32-22-15-8-7-14-21(22)24(29)25-18-10-9-13-20(16-18)33(30,31)27(3)19-11-5-4-6-12-19/h4-16H,17H2,1-3H3,(H,25,29). The van der Waals surface area contributed by atoms with Crippen molar-refractivity contribution in [2.75, 3.05) is 37.4 Å². The number of amides is 2. The predicted octanol–water partition coefficient (Wildman–Crippen LogP) is 3.23. The van der Waals surface area contributed by atoms with Crippen LogP contribution in [-0.2, 0) is 14.8 Å². The molecule has 33 heavy (non-hydrogen) atoms. The molecule has 1 N–H and O–H groups in total. The highest BCUT2D eigenvalue weighted by Crippen LogP contribution is 2.25. The average molecular weight is 468 g/mol. The van der Waals surface area contributed by atoms with E-state index in [1.165, 1.54) is 28.4 Å². The number of rotatable bonds is 8. The van der Waals surface area contributed by atoms with Gasteiger partial charge in [0.05, 0.1) is 16.1 Å². The zero-order valence-electron chi connectivity index (χ0n) is 18.6. The lowest BCUT2D eigenvalue weighted by Crippen LogP contribution is -2.28. The average Bonchev–Trinajstić information content (AvgIpc) is 2.82. The third kappa shape index (κ3) is 5.69. The van der Waals surface area contributed by atoms with Gasteiger partial charge < -0.3 is 15.0 Å². The normalized spacial score (nSPS) is 10.9. The van der Waals surface area contributed by atoms with E-state index in [-0.39, 0.29) is 28.7 Å². The summed E-state index contributed by atoms with van der Waals surface area (Å²) in [6, 6.07) is 21.2. The Labute approximate surface area is 193 Å². The molecule has 0 aliphatic carbocycles. The Morgan fingerprint density at radius 3 is 2.24 bits per heavy atom. The molecule has 3 rings (SSSR count). The van der Waals surface area contributed by atoms with Crippen molar-refractivity contribution in [3.8, 4) is 5.75 Å². The second kappa shape index (κ2) is 10.2. The van der Waals surface area contributed by atoms with Crippen molar-refractivity contribution in [1.29, 1.82) is 0 Å². The number of para-hydroxylation sites is 2. The molecule has 0 atom stereocenters. The number of carbonyl (C=O) groups is 2. The lowest BCUT2D eigenvalue weighted by Gasteiger charge is -2.20. The molecule has 0 fully saturated rings. The molecule has 172 valence electrons. The van der Waals surface area contributed by atoms with E-state index < -0.39 is 15.9 Å². The van der Waals surface area contributed by atoms with Gasteiger partial charge in [0.1, 0.15) is 5.75 Å². The van der Waals surface area contributed by atoms with E-state index in [9.17, 15) is 18.0 Å². The van der Waals surface area contributed by atoms with E-state index in [0.29, 0.717) is 11.4 Å². The van der Waals surface area contributed by atoms with Crippen LogP contribution in [0, 0.1) is 0 Å². The van der Waals surface area contributed by atoms with Crippen LogP contribution in [0.1, 0.15) is 10.4 Å². The molecule has 0 aromatic heterocycles. The first-order valence-corrected chi connectivity index (χ1v) is 11.5. The van der Waals surface area contributed by atoms with Crippen LogP contribution in [0.3, 0.4) is 0 Å². The minimum atomic E-state index is -3.83. The molecule has 0 spiro atoms. The number of sulfonamides is 1. The maximum atomic E-state index is 13.1. The maximum absolute atomic E-state index is 13.1. The smallest absolute Gasteiger partial charge is 0.264 e. The van der Waals surface area contributed by atoms with E-state index in [1.807, 2.05) is 0 Å². The monoisotopic (exact) mass is 467 g/mol. The van der Waals surface area contributed by atoms with Gasteiger partial charge in [0.2, 0.25) is 0 Å². The van der Waals surface area contributed by atoms with Gasteiger partial charge in [-0.15, -0.1) is 0 Å². The third-order valence-electron chi connectivity index (χ3n) is 4.85. The number of anilines is 2. The Bertz CT molecular complexity index is 1240. The van der Waals surface area contributed by atoms with Crippen molar-refractivity contribution in [3.05, 3.63) is 84.4 Å². The summed E-state index contributed by atoms with van der Waals surface area (Å²) in [6.45, 7) is -0.211. The second-order valence-corrected chi connectivity index (χ2v) is 9.33. The van der Waals surface area contributed by atoms with Gasteiger partial charge in [0.25, 0.3) is 21.8 Å². The van der Waals surface area contributed by atoms with Crippen molar-refractivity contribution in [2.45, 2.75) is 4.90 Å². The zero-order valence-corrected chi connectivity index (χ0v) is 19.4. The number of nitrogens with zero attached hydrogens (tertiary/aromatic N) is 2. The van der Waals surface area contributed by atoms with Gasteiger partial charge in [-0.1, -0.05) is 36.4 Å². The zero-order chi connectivity index (χ0) is 24.0. The van der Waals surface area contributed by atoms with Crippen molar-refractivity contribution < 1.29 is 22.7 Å². The fourth-order valence-corrected chi connectivity index (χ4v) is 4.16. The van der Waals surface area contributed by atoms with Gasteiger partial charge in [-0.2, -0.15) is 0 Å². The highest BCUT2D eigenvalue weighted by Gasteiger charge is 2.22. The molecule has 0 aliphatic rings. The summed E-state index contributed by atoms with van der Waals surface area (Å²) in [5.41, 5.74) is 1.05. The first kappa shape index (κ1) is 23.8. The van der Waals surface area contributed by atoms with Crippen LogP contribution in [0.5, 0.6) is 5.75 Å². The molecule has 2 amide bonds. The fraction of sp³-hybridized carbons (Fsp3) is 0.167. The molecule has 3 aromatic carbocycles. The molecular formula is C24H25N3O5S.